The van der Waals surface area contributed by atoms with E-state index in [1.807, 2.05) is 10.9 Å². The molecule has 1 heterocycles. The van der Waals surface area contributed by atoms with Crippen LogP contribution in [0.1, 0.15) is 57.7 Å². The Morgan fingerprint density at radius 2 is 2.29 bits per heavy atom. The molecule has 2 rings (SSSR count). The van der Waals surface area contributed by atoms with Crippen LogP contribution in [0, 0.1) is 11.8 Å². The lowest BCUT2D eigenvalue weighted by Crippen LogP contribution is -2.28. The van der Waals surface area contributed by atoms with Crippen molar-refractivity contribution in [2.75, 3.05) is 0 Å². The van der Waals surface area contributed by atoms with E-state index in [1.54, 1.807) is 0 Å². The number of hydrogen-bond acceptors (Lipinski definition) is 3. The first-order valence-electron chi connectivity index (χ1n) is 6.90. The molecule has 1 saturated carbocycles. The van der Waals surface area contributed by atoms with Crippen molar-refractivity contribution in [3.63, 3.8) is 0 Å². The summed E-state index contributed by atoms with van der Waals surface area (Å²) in [6, 6.07) is 0.110. The highest BCUT2D eigenvalue weighted by molar-refractivity contribution is 5.04. The van der Waals surface area contributed by atoms with Crippen molar-refractivity contribution in [1.29, 1.82) is 0 Å². The molecule has 96 valence electrons. The molecule has 0 aliphatic heterocycles. The van der Waals surface area contributed by atoms with Gasteiger partial charge in [-0.2, -0.15) is 0 Å². The van der Waals surface area contributed by atoms with Gasteiger partial charge in [-0.15, -0.1) is 5.10 Å². The van der Waals surface area contributed by atoms with Crippen molar-refractivity contribution in [3.05, 3.63) is 11.9 Å². The molecule has 0 saturated heterocycles. The van der Waals surface area contributed by atoms with Crippen molar-refractivity contribution < 1.29 is 0 Å². The van der Waals surface area contributed by atoms with Crippen LogP contribution >= 0.6 is 0 Å². The highest BCUT2D eigenvalue weighted by Gasteiger charge is 2.28. The number of aryl methyl sites for hydroxylation is 1. The summed E-state index contributed by atoms with van der Waals surface area (Å²) in [5.41, 5.74) is 7.51. The second-order valence-corrected chi connectivity index (χ2v) is 5.20. The summed E-state index contributed by atoms with van der Waals surface area (Å²) in [5, 5.41) is 8.06. The highest BCUT2D eigenvalue weighted by Crippen LogP contribution is 2.36. The van der Waals surface area contributed by atoms with Crippen LogP contribution in [0.5, 0.6) is 0 Å². The van der Waals surface area contributed by atoms with Crippen LogP contribution in [-0.4, -0.2) is 15.0 Å². The molecule has 0 aromatic carbocycles. The van der Waals surface area contributed by atoms with Crippen LogP contribution in [0.15, 0.2) is 6.20 Å². The van der Waals surface area contributed by atoms with Crippen molar-refractivity contribution in [1.82, 2.24) is 15.0 Å². The molecule has 17 heavy (non-hydrogen) atoms. The number of aromatic nitrogens is 3. The summed E-state index contributed by atoms with van der Waals surface area (Å²) in [7, 11) is 0. The summed E-state index contributed by atoms with van der Waals surface area (Å²) in [6.45, 7) is 5.23. The molecule has 1 aromatic rings. The summed E-state index contributed by atoms with van der Waals surface area (Å²) in [4.78, 5) is 0. The Balaban J connectivity index is 2.06. The Bertz CT molecular complexity index is 347. The third-order valence-corrected chi connectivity index (χ3v) is 4.20. The van der Waals surface area contributed by atoms with Gasteiger partial charge in [-0.1, -0.05) is 31.4 Å². The Morgan fingerprint density at radius 1 is 1.47 bits per heavy atom. The topological polar surface area (TPSA) is 56.7 Å². The Hall–Kier alpha value is -0.900. The summed E-state index contributed by atoms with van der Waals surface area (Å²) in [5.74, 6) is 1.48. The molecular weight excluding hydrogens is 212 g/mol. The number of nitrogens with zero attached hydrogens (tertiary/aromatic N) is 3. The fourth-order valence-corrected chi connectivity index (χ4v) is 3.04. The van der Waals surface area contributed by atoms with E-state index in [0.29, 0.717) is 5.92 Å². The number of hydrogen-bond donors (Lipinski definition) is 1. The van der Waals surface area contributed by atoms with Gasteiger partial charge in [0.2, 0.25) is 0 Å². The summed E-state index contributed by atoms with van der Waals surface area (Å²) < 4.78 is 1.93. The van der Waals surface area contributed by atoms with Gasteiger partial charge in [0, 0.05) is 6.54 Å². The third-order valence-electron chi connectivity index (χ3n) is 4.20. The van der Waals surface area contributed by atoms with Crippen molar-refractivity contribution in [2.45, 2.75) is 58.5 Å². The van der Waals surface area contributed by atoms with Crippen LogP contribution < -0.4 is 5.73 Å². The molecule has 1 aliphatic rings. The fraction of sp³-hybridized carbons (Fsp3) is 0.846. The molecule has 2 N–H and O–H groups in total. The first-order chi connectivity index (χ1) is 8.26. The third kappa shape index (κ3) is 2.68. The fourth-order valence-electron chi connectivity index (χ4n) is 3.04. The minimum atomic E-state index is 0.110. The lowest BCUT2D eigenvalue weighted by Gasteiger charge is -2.32. The second kappa shape index (κ2) is 5.63. The van der Waals surface area contributed by atoms with Gasteiger partial charge in [0.1, 0.15) is 0 Å². The van der Waals surface area contributed by atoms with Gasteiger partial charge in [-0.3, -0.25) is 0 Å². The lowest BCUT2D eigenvalue weighted by atomic mass is 9.76. The molecule has 3 unspecified atom stereocenters. The highest BCUT2D eigenvalue weighted by atomic mass is 15.4. The monoisotopic (exact) mass is 236 g/mol. The molecular formula is C13H24N4. The maximum absolute atomic E-state index is 6.41. The normalized spacial score (nSPS) is 27.0. The van der Waals surface area contributed by atoms with Gasteiger partial charge in [0.25, 0.3) is 0 Å². The van der Waals surface area contributed by atoms with Crippen molar-refractivity contribution in [2.24, 2.45) is 17.6 Å². The van der Waals surface area contributed by atoms with E-state index in [9.17, 15) is 0 Å². The number of nitrogens with two attached hydrogens (primary N) is 1. The average molecular weight is 236 g/mol. The van der Waals surface area contributed by atoms with E-state index in [0.717, 1.165) is 18.2 Å². The first-order valence-corrected chi connectivity index (χ1v) is 6.90. The van der Waals surface area contributed by atoms with Gasteiger partial charge in [0.05, 0.1) is 17.9 Å². The largest absolute Gasteiger partial charge is 0.322 e. The second-order valence-electron chi connectivity index (χ2n) is 5.20. The van der Waals surface area contributed by atoms with Gasteiger partial charge >= 0.3 is 0 Å². The molecule has 1 aliphatic carbocycles. The van der Waals surface area contributed by atoms with Crippen LogP contribution in [0.25, 0.3) is 0 Å². The minimum absolute atomic E-state index is 0.110. The minimum Gasteiger partial charge on any atom is -0.322 e. The van der Waals surface area contributed by atoms with Crippen molar-refractivity contribution >= 4 is 0 Å². The van der Waals surface area contributed by atoms with Crippen LogP contribution in [0.3, 0.4) is 0 Å². The molecule has 4 heteroatoms. The molecule has 0 bridgehead atoms. The van der Waals surface area contributed by atoms with E-state index in [1.165, 1.54) is 32.1 Å². The zero-order valence-corrected chi connectivity index (χ0v) is 11.0. The molecule has 1 aromatic heterocycles. The van der Waals surface area contributed by atoms with Crippen LogP contribution in [0.4, 0.5) is 0 Å². The maximum atomic E-state index is 6.41. The van der Waals surface area contributed by atoms with Gasteiger partial charge in [-0.25, -0.2) is 4.68 Å². The van der Waals surface area contributed by atoms with E-state index in [-0.39, 0.29) is 6.04 Å². The molecule has 0 spiro atoms. The van der Waals surface area contributed by atoms with Gasteiger partial charge < -0.3 is 5.73 Å². The number of rotatable bonds is 4. The molecule has 0 amide bonds. The predicted octanol–water partition coefficient (Wildman–Crippen LogP) is 2.51. The standard InChI is InChI=1S/C13H24N4/c1-3-10-6-5-7-11(8-10)13(14)12-9-15-16-17(12)4-2/h9-11,13H,3-8,14H2,1-2H3. The smallest absolute Gasteiger partial charge is 0.0757 e. The quantitative estimate of drug-likeness (QED) is 0.874. The summed E-state index contributed by atoms with van der Waals surface area (Å²) >= 11 is 0. The molecule has 0 radical (unpaired) electrons. The van der Waals surface area contributed by atoms with E-state index >= 15 is 0 Å². The SMILES string of the molecule is CCC1CCCC(C(N)c2cnnn2CC)C1. The Labute approximate surface area is 104 Å². The Morgan fingerprint density at radius 3 is 3.00 bits per heavy atom. The first kappa shape index (κ1) is 12.6. The molecule has 3 atom stereocenters. The zero-order valence-electron chi connectivity index (χ0n) is 11.0. The Kier molecular flexibility index (Phi) is 4.15. The van der Waals surface area contributed by atoms with E-state index < -0.39 is 0 Å². The van der Waals surface area contributed by atoms with Gasteiger partial charge in [-0.05, 0) is 31.6 Å². The average Bonchev–Trinajstić information content (AvgIpc) is 2.86. The molecule has 4 nitrogen and oxygen atoms in total. The zero-order chi connectivity index (χ0) is 12.3. The van der Waals surface area contributed by atoms with Crippen LogP contribution in [0.2, 0.25) is 0 Å². The summed E-state index contributed by atoms with van der Waals surface area (Å²) in [6.07, 6.45) is 8.35. The van der Waals surface area contributed by atoms with E-state index in [4.69, 9.17) is 5.73 Å². The van der Waals surface area contributed by atoms with Gasteiger partial charge in [0.15, 0.2) is 0 Å². The maximum Gasteiger partial charge on any atom is 0.0757 e. The molecule has 1 fully saturated rings. The lowest BCUT2D eigenvalue weighted by molar-refractivity contribution is 0.225. The predicted molar refractivity (Wildman–Crippen MR) is 68.4 cm³/mol. The van der Waals surface area contributed by atoms with E-state index in [2.05, 4.69) is 24.2 Å². The van der Waals surface area contributed by atoms with Crippen LogP contribution in [-0.2, 0) is 6.54 Å². The van der Waals surface area contributed by atoms with Crippen molar-refractivity contribution in [3.8, 4) is 0 Å².